The molecule has 9 heteroatoms. The second-order valence-corrected chi connectivity index (χ2v) is 11.2. The van der Waals surface area contributed by atoms with Gasteiger partial charge in [-0.2, -0.15) is 0 Å². The Kier molecular flexibility index (Phi) is 8.15. The molecule has 0 bridgehead atoms. The zero-order valence-electron chi connectivity index (χ0n) is 21.1. The smallest absolute Gasteiger partial charge is 0.233 e. The number of hydrogen-bond acceptors (Lipinski definition) is 5. The molecule has 0 radical (unpaired) electrons. The fourth-order valence-electron chi connectivity index (χ4n) is 5.30. The van der Waals surface area contributed by atoms with Crippen LogP contribution in [-0.2, 0) is 9.59 Å². The van der Waals surface area contributed by atoms with Crippen LogP contribution < -0.4 is 0 Å². The molecule has 2 aliphatic rings. The molecule has 1 atom stereocenters. The third-order valence-electron chi connectivity index (χ3n) is 7.30. The van der Waals surface area contributed by atoms with E-state index < -0.39 is 0 Å². The minimum atomic E-state index is 0.0249. The van der Waals surface area contributed by atoms with Gasteiger partial charge in [-0.1, -0.05) is 73.0 Å². The first-order chi connectivity index (χ1) is 18.0. The van der Waals surface area contributed by atoms with E-state index in [0.717, 1.165) is 36.9 Å². The van der Waals surface area contributed by atoms with E-state index >= 15 is 0 Å². The highest BCUT2D eigenvalue weighted by molar-refractivity contribution is 7.99. The van der Waals surface area contributed by atoms with Crippen molar-refractivity contribution in [3.8, 4) is 17.1 Å². The molecule has 5 rings (SSSR count). The molecule has 2 amide bonds. The van der Waals surface area contributed by atoms with E-state index in [0.29, 0.717) is 35.6 Å². The molecule has 0 N–H and O–H groups in total. The maximum atomic E-state index is 13.2. The average molecular weight is 538 g/mol. The Hall–Kier alpha value is -2.84. The van der Waals surface area contributed by atoms with Gasteiger partial charge in [0.1, 0.15) is 0 Å². The van der Waals surface area contributed by atoms with Crippen molar-refractivity contribution in [2.75, 3.05) is 25.4 Å². The highest BCUT2D eigenvalue weighted by Crippen LogP contribution is 2.32. The summed E-state index contributed by atoms with van der Waals surface area (Å²) in [6.45, 7) is 3.78. The average Bonchev–Trinajstić information content (AvgIpc) is 3.36. The van der Waals surface area contributed by atoms with Crippen LogP contribution in [0.25, 0.3) is 17.1 Å². The number of piperazine rings is 1. The summed E-state index contributed by atoms with van der Waals surface area (Å²) in [5, 5.41) is 10.1. The number of carbonyl (C=O) groups excluding carboxylic acids is 2. The Morgan fingerprint density at radius 2 is 1.70 bits per heavy atom. The van der Waals surface area contributed by atoms with Crippen LogP contribution in [-0.4, -0.2) is 67.8 Å². The first-order valence-corrected chi connectivity index (χ1v) is 14.4. The number of carbonyl (C=O) groups is 2. The van der Waals surface area contributed by atoms with Gasteiger partial charge in [0.2, 0.25) is 11.8 Å². The predicted octanol–water partition coefficient (Wildman–Crippen LogP) is 5.32. The number of para-hydroxylation sites is 1. The second-order valence-electron chi connectivity index (χ2n) is 9.80. The molecular weight excluding hydrogens is 506 g/mol. The lowest BCUT2D eigenvalue weighted by molar-refractivity contribution is -0.145. The van der Waals surface area contributed by atoms with E-state index in [2.05, 4.69) is 17.1 Å². The van der Waals surface area contributed by atoms with E-state index in [1.165, 1.54) is 18.2 Å². The maximum Gasteiger partial charge on any atom is 0.233 e. The van der Waals surface area contributed by atoms with Crippen LogP contribution in [0.15, 0.2) is 59.8 Å². The number of amides is 2. The molecule has 37 heavy (non-hydrogen) atoms. The summed E-state index contributed by atoms with van der Waals surface area (Å²) < 4.78 is 1.95. The molecule has 194 valence electrons. The van der Waals surface area contributed by atoms with Crippen molar-refractivity contribution in [1.29, 1.82) is 0 Å². The molecule has 1 unspecified atom stereocenters. The van der Waals surface area contributed by atoms with Crippen molar-refractivity contribution in [1.82, 2.24) is 24.6 Å². The fourth-order valence-corrected chi connectivity index (χ4v) is 6.38. The molecule has 1 aliphatic heterocycles. The van der Waals surface area contributed by atoms with Gasteiger partial charge < -0.3 is 9.80 Å². The van der Waals surface area contributed by atoms with Crippen LogP contribution in [0.2, 0.25) is 5.02 Å². The number of thioether (sulfide) groups is 1. The topological polar surface area (TPSA) is 71.3 Å². The highest BCUT2D eigenvalue weighted by atomic mass is 35.5. The summed E-state index contributed by atoms with van der Waals surface area (Å²) in [6.07, 6.45) is 5.52. The van der Waals surface area contributed by atoms with Gasteiger partial charge in [0.25, 0.3) is 0 Å². The van der Waals surface area contributed by atoms with E-state index in [-0.39, 0.29) is 29.5 Å². The standard InChI is InChI=1S/C28H32ClN5O2S/c1-20-18-32(16-17-33(20)27(36)21-10-4-2-5-11-21)25(35)19-37-28-31-30-26(23-14-8-9-15-24(23)29)34(28)22-12-6-3-7-13-22/h3,6-9,12-15,20-21H,2,4-5,10-11,16-19H2,1H3. The van der Waals surface area contributed by atoms with Crippen molar-refractivity contribution < 1.29 is 9.59 Å². The van der Waals surface area contributed by atoms with E-state index in [1.54, 1.807) is 0 Å². The summed E-state index contributed by atoms with van der Waals surface area (Å²) in [7, 11) is 0. The minimum absolute atomic E-state index is 0.0249. The van der Waals surface area contributed by atoms with Gasteiger partial charge in [0, 0.05) is 42.8 Å². The number of rotatable bonds is 6. The quantitative estimate of drug-likeness (QED) is 0.398. The van der Waals surface area contributed by atoms with Gasteiger partial charge >= 0.3 is 0 Å². The normalized spacial score (nSPS) is 18.7. The van der Waals surface area contributed by atoms with Gasteiger partial charge in [-0.15, -0.1) is 10.2 Å². The Morgan fingerprint density at radius 3 is 2.43 bits per heavy atom. The molecule has 2 fully saturated rings. The summed E-state index contributed by atoms with van der Waals surface area (Å²) >= 11 is 7.85. The molecule has 1 saturated carbocycles. The number of benzene rings is 2. The summed E-state index contributed by atoms with van der Waals surface area (Å²) in [6, 6.07) is 17.4. The Bertz CT molecular complexity index is 1240. The van der Waals surface area contributed by atoms with Crippen LogP contribution in [0.4, 0.5) is 0 Å². The zero-order chi connectivity index (χ0) is 25.8. The van der Waals surface area contributed by atoms with Crippen LogP contribution in [0, 0.1) is 5.92 Å². The van der Waals surface area contributed by atoms with Crippen LogP contribution in [0.3, 0.4) is 0 Å². The third kappa shape index (κ3) is 5.70. The monoisotopic (exact) mass is 537 g/mol. The van der Waals surface area contributed by atoms with Crippen molar-refractivity contribution in [2.45, 2.75) is 50.2 Å². The van der Waals surface area contributed by atoms with E-state index in [1.807, 2.05) is 69.0 Å². The van der Waals surface area contributed by atoms with Crippen LogP contribution in [0.1, 0.15) is 39.0 Å². The molecule has 2 heterocycles. The van der Waals surface area contributed by atoms with E-state index in [9.17, 15) is 9.59 Å². The van der Waals surface area contributed by atoms with Crippen molar-refractivity contribution in [3.63, 3.8) is 0 Å². The first kappa shape index (κ1) is 25.8. The molecule has 1 aliphatic carbocycles. The van der Waals surface area contributed by atoms with Gasteiger partial charge in [-0.25, -0.2) is 0 Å². The Labute approximate surface area is 227 Å². The summed E-state index contributed by atoms with van der Waals surface area (Å²) in [5.74, 6) is 1.36. The van der Waals surface area contributed by atoms with Crippen molar-refractivity contribution >= 4 is 35.2 Å². The van der Waals surface area contributed by atoms with Gasteiger partial charge in [-0.3, -0.25) is 14.2 Å². The lowest BCUT2D eigenvalue weighted by atomic mass is 9.88. The maximum absolute atomic E-state index is 13.2. The lowest BCUT2D eigenvalue weighted by Crippen LogP contribution is -2.57. The molecule has 1 saturated heterocycles. The minimum Gasteiger partial charge on any atom is -0.338 e. The summed E-state index contributed by atoms with van der Waals surface area (Å²) in [4.78, 5) is 30.1. The highest BCUT2D eigenvalue weighted by Gasteiger charge is 2.33. The number of halogens is 1. The van der Waals surface area contributed by atoms with Gasteiger partial charge in [-0.05, 0) is 44.0 Å². The van der Waals surface area contributed by atoms with Crippen molar-refractivity contribution in [2.24, 2.45) is 5.92 Å². The number of aromatic nitrogens is 3. The van der Waals surface area contributed by atoms with Gasteiger partial charge in [0.15, 0.2) is 11.0 Å². The Balaban J connectivity index is 1.27. The van der Waals surface area contributed by atoms with E-state index in [4.69, 9.17) is 11.6 Å². The molecule has 1 aromatic heterocycles. The van der Waals surface area contributed by atoms with Crippen LogP contribution >= 0.6 is 23.4 Å². The zero-order valence-corrected chi connectivity index (χ0v) is 22.6. The van der Waals surface area contributed by atoms with Crippen molar-refractivity contribution in [3.05, 3.63) is 59.6 Å². The SMILES string of the molecule is CC1CN(C(=O)CSc2nnc(-c3ccccc3Cl)n2-c2ccccc2)CCN1C(=O)C1CCCCC1. The molecule has 0 spiro atoms. The Morgan fingerprint density at radius 1 is 0.973 bits per heavy atom. The number of hydrogen-bond donors (Lipinski definition) is 0. The third-order valence-corrected chi connectivity index (χ3v) is 8.55. The molecule has 3 aromatic rings. The molecule has 7 nitrogen and oxygen atoms in total. The lowest BCUT2D eigenvalue weighted by Gasteiger charge is -2.41. The fraction of sp³-hybridized carbons (Fsp3) is 0.429. The predicted molar refractivity (Wildman–Crippen MR) is 147 cm³/mol. The second kappa shape index (κ2) is 11.7. The van der Waals surface area contributed by atoms with Crippen LogP contribution in [0.5, 0.6) is 0 Å². The largest absolute Gasteiger partial charge is 0.338 e. The number of nitrogens with zero attached hydrogens (tertiary/aromatic N) is 5. The summed E-state index contributed by atoms with van der Waals surface area (Å²) in [5.41, 5.74) is 1.69. The molecule has 2 aromatic carbocycles. The first-order valence-electron chi connectivity index (χ1n) is 13.0. The molecular formula is C28H32ClN5O2S. The van der Waals surface area contributed by atoms with Gasteiger partial charge in [0.05, 0.1) is 10.8 Å².